The average molecular weight is 280 g/mol. The van der Waals surface area contributed by atoms with Crippen LogP contribution in [0.4, 0.5) is 11.5 Å². The van der Waals surface area contributed by atoms with E-state index >= 15 is 0 Å². The zero-order valence-electron chi connectivity index (χ0n) is 12.1. The Hall–Kier alpha value is -1.72. The van der Waals surface area contributed by atoms with Crippen molar-refractivity contribution >= 4 is 11.5 Å². The maximum absolute atomic E-state index is 12.4. The van der Waals surface area contributed by atoms with Crippen LogP contribution in [0, 0.1) is 5.92 Å². The summed E-state index contributed by atoms with van der Waals surface area (Å²) in [4.78, 5) is 24.4. The molecule has 6 nitrogen and oxygen atoms in total. The van der Waals surface area contributed by atoms with Crippen molar-refractivity contribution in [2.75, 3.05) is 11.5 Å². The molecule has 0 unspecified atom stereocenters. The SMILES string of the molecule is CCCn1c(=O)c(N)c(N)n(CC2CCCCC2)c1=O. The molecule has 1 aliphatic rings. The Bertz CT molecular complexity index is 582. The number of aromatic nitrogens is 2. The lowest BCUT2D eigenvalue weighted by Gasteiger charge is -2.24. The first-order valence-corrected chi connectivity index (χ1v) is 7.44. The van der Waals surface area contributed by atoms with E-state index in [0.29, 0.717) is 25.4 Å². The molecule has 1 aromatic rings. The predicted octanol–water partition coefficient (Wildman–Crippen LogP) is 1.16. The van der Waals surface area contributed by atoms with Crippen molar-refractivity contribution < 1.29 is 0 Å². The predicted molar refractivity (Wildman–Crippen MR) is 80.7 cm³/mol. The highest BCUT2D eigenvalue weighted by Gasteiger charge is 2.19. The number of rotatable bonds is 4. The average Bonchev–Trinajstić information content (AvgIpc) is 2.47. The van der Waals surface area contributed by atoms with Gasteiger partial charge in [0.25, 0.3) is 5.56 Å². The molecule has 20 heavy (non-hydrogen) atoms. The lowest BCUT2D eigenvalue weighted by molar-refractivity contribution is 0.313. The van der Waals surface area contributed by atoms with Crippen molar-refractivity contribution in [1.29, 1.82) is 0 Å². The molecule has 0 spiro atoms. The van der Waals surface area contributed by atoms with E-state index in [1.807, 2.05) is 6.92 Å². The van der Waals surface area contributed by atoms with Crippen LogP contribution in [0.2, 0.25) is 0 Å². The van der Waals surface area contributed by atoms with E-state index in [0.717, 1.165) is 12.8 Å². The quantitative estimate of drug-likeness (QED) is 0.865. The second-order valence-electron chi connectivity index (χ2n) is 5.65. The highest BCUT2D eigenvalue weighted by atomic mass is 16.2. The van der Waals surface area contributed by atoms with Crippen LogP contribution in [-0.2, 0) is 13.1 Å². The highest BCUT2D eigenvalue weighted by molar-refractivity contribution is 5.56. The van der Waals surface area contributed by atoms with Crippen molar-refractivity contribution in [2.45, 2.75) is 58.5 Å². The molecule has 6 heteroatoms. The van der Waals surface area contributed by atoms with Crippen LogP contribution >= 0.6 is 0 Å². The van der Waals surface area contributed by atoms with E-state index in [9.17, 15) is 9.59 Å². The fourth-order valence-corrected chi connectivity index (χ4v) is 2.96. The molecule has 1 aliphatic carbocycles. The van der Waals surface area contributed by atoms with Crippen LogP contribution < -0.4 is 22.7 Å². The number of hydrogen-bond acceptors (Lipinski definition) is 4. The van der Waals surface area contributed by atoms with E-state index in [2.05, 4.69) is 0 Å². The number of anilines is 2. The van der Waals surface area contributed by atoms with Crippen LogP contribution in [0.3, 0.4) is 0 Å². The first kappa shape index (κ1) is 14.7. The molecule has 1 fully saturated rings. The van der Waals surface area contributed by atoms with Gasteiger partial charge in [-0.25, -0.2) is 4.79 Å². The summed E-state index contributed by atoms with van der Waals surface area (Å²) in [6, 6.07) is 0. The second-order valence-corrected chi connectivity index (χ2v) is 5.65. The zero-order valence-corrected chi connectivity index (χ0v) is 12.1. The Morgan fingerprint density at radius 2 is 1.75 bits per heavy atom. The topological polar surface area (TPSA) is 96.0 Å². The molecule has 4 N–H and O–H groups in total. The van der Waals surface area contributed by atoms with Crippen LogP contribution in [-0.4, -0.2) is 9.13 Å². The van der Waals surface area contributed by atoms with Crippen molar-refractivity contribution in [3.05, 3.63) is 20.8 Å². The molecule has 0 aliphatic heterocycles. The van der Waals surface area contributed by atoms with Crippen molar-refractivity contribution in [3.8, 4) is 0 Å². The molecule has 0 saturated heterocycles. The van der Waals surface area contributed by atoms with E-state index in [1.165, 1.54) is 28.4 Å². The van der Waals surface area contributed by atoms with Crippen molar-refractivity contribution in [2.24, 2.45) is 5.92 Å². The summed E-state index contributed by atoms with van der Waals surface area (Å²) >= 11 is 0. The maximum atomic E-state index is 12.4. The monoisotopic (exact) mass is 280 g/mol. The minimum atomic E-state index is -0.464. The van der Waals surface area contributed by atoms with Gasteiger partial charge in [0.15, 0.2) is 0 Å². The zero-order chi connectivity index (χ0) is 14.7. The third-order valence-electron chi connectivity index (χ3n) is 4.12. The minimum Gasteiger partial charge on any atom is -0.391 e. The molecule has 1 saturated carbocycles. The largest absolute Gasteiger partial charge is 0.391 e. The maximum Gasteiger partial charge on any atom is 0.332 e. The van der Waals surface area contributed by atoms with Gasteiger partial charge in [0, 0.05) is 13.1 Å². The first-order valence-electron chi connectivity index (χ1n) is 7.44. The van der Waals surface area contributed by atoms with Crippen LogP contribution in [0.1, 0.15) is 45.4 Å². The van der Waals surface area contributed by atoms with Crippen molar-refractivity contribution in [3.63, 3.8) is 0 Å². The summed E-state index contributed by atoms with van der Waals surface area (Å²) in [5, 5.41) is 0. The van der Waals surface area contributed by atoms with Gasteiger partial charge in [-0.15, -0.1) is 0 Å². The van der Waals surface area contributed by atoms with Crippen LogP contribution in [0.25, 0.3) is 0 Å². The number of nitrogens with two attached hydrogens (primary N) is 2. The lowest BCUT2D eigenvalue weighted by atomic mass is 9.89. The molecule has 0 radical (unpaired) electrons. The Morgan fingerprint density at radius 1 is 1.10 bits per heavy atom. The Morgan fingerprint density at radius 3 is 2.35 bits per heavy atom. The third kappa shape index (κ3) is 2.73. The molecule has 1 heterocycles. The van der Waals surface area contributed by atoms with E-state index in [-0.39, 0.29) is 17.2 Å². The Labute approximate surface area is 118 Å². The van der Waals surface area contributed by atoms with Gasteiger partial charge < -0.3 is 11.5 Å². The minimum absolute atomic E-state index is 0.00569. The second kappa shape index (κ2) is 6.15. The summed E-state index contributed by atoms with van der Waals surface area (Å²) in [5.74, 6) is 0.577. The van der Waals surface area contributed by atoms with Gasteiger partial charge in [-0.05, 0) is 25.2 Å². The molecular weight excluding hydrogens is 256 g/mol. The molecule has 0 bridgehead atoms. The fraction of sp³-hybridized carbons (Fsp3) is 0.714. The number of nitrogens with zero attached hydrogens (tertiary/aromatic N) is 2. The Kier molecular flexibility index (Phi) is 4.52. The van der Waals surface area contributed by atoms with Gasteiger partial charge in [0.05, 0.1) is 0 Å². The van der Waals surface area contributed by atoms with Gasteiger partial charge >= 0.3 is 5.69 Å². The van der Waals surface area contributed by atoms with E-state index in [4.69, 9.17) is 11.5 Å². The van der Waals surface area contributed by atoms with Crippen LogP contribution in [0.5, 0.6) is 0 Å². The summed E-state index contributed by atoms with van der Waals surface area (Å²) in [5.41, 5.74) is 10.9. The summed E-state index contributed by atoms with van der Waals surface area (Å²) in [6.45, 7) is 2.87. The summed E-state index contributed by atoms with van der Waals surface area (Å²) in [7, 11) is 0. The molecule has 0 amide bonds. The van der Waals surface area contributed by atoms with E-state index in [1.54, 1.807) is 0 Å². The smallest absolute Gasteiger partial charge is 0.332 e. The standard InChI is InChI=1S/C14H24N4O2/c1-2-8-17-13(19)11(15)12(16)18(14(17)20)9-10-6-4-3-5-7-10/h10H,2-9,15-16H2,1H3. The van der Waals surface area contributed by atoms with Crippen molar-refractivity contribution in [1.82, 2.24) is 9.13 Å². The number of nitrogen functional groups attached to an aromatic ring is 2. The molecule has 2 rings (SSSR count). The normalized spacial score (nSPS) is 16.4. The lowest BCUT2D eigenvalue weighted by Crippen LogP contribution is -2.43. The summed E-state index contributed by atoms with van der Waals surface area (Å²) < 4.78 is 2.69. The van der Waals surface area contributed by atoms with E-state index < -0.39 is 5.56 Å². The third-order valence-corrected chi connectivity index (χ3v) is 4.12. The first-order chi connectivity index (χ1) is 9.56. The number of hydrogen-bond donors (Lipinski definition) is 2. The molecule has 0 atom stereocenters. The summed E-state index contributed by atoms with van der Waals surface area (Å²) in [6.07, 6.45) is 6.59. The molecular formula is C14H24N4O2. The molecule has 112 valence electrons. The Balaban J connectivity index is 2.41. The van der Waals surface area contributed by atoms with Gasteiger partial charge in [0.1, 0.15) is 11.5 Å². The highest BCUT2D eigenvalue weighted by Crippen LogP contribution is 2.25. The fourth-order valence-electron chi connectivity index (χ4n) is 2.96. The van der Waals surface area contributed by atoms with Gasteiger partial charge in [-0.2, -0.15) is 0 Å². The molecule has 1 aromatic heterocycles. The van der Waals surface area contributed by atoms with Gasteiger partial charge in [-0.1, -0.05) is 26.2 Å². The van der Waals surface area contributed by atoms with Gasteiger partial charge in [-0.3, -0.25) is 13.9 Å². The van der Waals surface area contributed by atoms with Gasteiger partial charge in [0.2, 0.25) is 0 Å². The van der Waals surface area contributed by atoms with Crippen LogP contribution in [0.15, 0.2) is 9.59 Å². The molecule has 0 aromatic carbocycles.